The second kappa shape index (κ2) is 8.65. The van der Waals surface area contributed by atoms with Crippen LogP contribution in [-0.2, 0) is 11.3 Å². The number of hydrogen-bond donors (Lipinski definition) is 3. The second-order valence-corrected chi connectivity index (χ2v) is 8.46. The van der Waals surface area contributed by atoms with Crippen LogP contribution in [0.1, 0.15) is 17.4 Å². The molecule has 2 aromatic rings. The van der Waals surface area contributed by atoms with Crippen molar-refractivity contribution in [3.63, 3.8) is 0 Å². The molecule has 136 valence electrons. The molecule has 3 rings (SSSR count). The molecule has 7 heteroatoms. The summed E-state index contributed by atoms with van der Waals surface area (Å²) in [6.45, 7) is 6.96. The van der Waals surface area contributed by atoms with E-state index < -0.39 is 0 Å². The average molecular weight is 391 g/mol. The molecule has 1 amide bonds. The largest absolute Gasteiger partial charge is 0.321 e. The fourth-order valence-electron chi connectivity index (χ4n) is 3.34. The van der Waals surface area contributed by atoms with Gasteiger partial charge in [0.1, 0.15) is 38.8 Å². The van der Waals surface area contributed by atoms with Crippen LogP contribution >= 0.6 is 22.9 Å². The van der Waals surface area contributed by atoms with Crippen molar-refractivity contribution in [2.45, 2.75) is 19.5 Å². The highest BCUT2D eigenvalue weighted by molar-refractivity contribution is 7.16. The van der Waals surface area contributed by atoms with E-state index in [0.717, 1.165) is 37.1 Å². The quantitative estimate of drug-likeness (QED) is 0.699. The van der Waals surface area contributed by atoms with E-state index in [9.17, 15) is 4.79 Å². The molecule has 0 aliphatic carbocycles. The molecule has 1 aromatic heterocycles. The Morgan fingerprint density at radius 2 is 2.00 bits per heavy atom. The van der Waals surface area contributed by atoms with Crippen LogP contribution in [0.2, 0.25) is 4.34 Å². The Hall–Kier alpha value is -1.91. The summed E-state index contributed by atoms with van der Waals surface area (Å²) in [5, 5.41) is 12.1. The van der Waals surface area contributed by atoms with Crippen LogP contribution in [0.15, 0.2) is 36.4 Å². The molecule has 1 atom stereocenters. The number of amides is 1. The van der Waals surface area contributed by atoms with Crippen LogP contribution in [0.4, 0.5) is 5.69 Å². The first-order valence-electron chi connectivity index (χ1n) is 8.79. The average Bonchev–Trinajstić information content (AvgIpc) is 3.07. The number of halogens is 1. The number of nitrogens with one attached hydrogen (secondary N) is 3. The third-order valence-corrected chi connectivity index (χ3v) is 6.19. The first-order chi connectivity index (χ1) is 12.6. The maximum absolute atomic E-state index is 12.6. The van der Waals surface area contributed by atoms with Crippen LogP contribution in [0.5, 0.6) is 0 Å². The van der Waals surface area contributed by atoms with Gasteiger partial charge in [0.05, 0.1) is 20.5 Å². The van der Waals surface area contributed by atoms with E-state index >= 15 is 0 Å². The number of carbonyl (C=O) groups excluding carboxylic acids is 1. The van der Waals surface area contributed by atoms with Crippen molar-refractivity contribution in [1.82, 2.24) is 0 Å². The van der Waals surface area contributed by atoms with Crippen molar-refractivity contribution >= 4 is 34.5 Å². The van der Waals surface area contributed by atoms with Crippen molar-refractivity contribution in [3.8, 4) is 6.07 Å². The Morgan fingerprint density at radius 1 is 1.27 bits per heavy atom. The van der Waals surface area contributed by atoms with Crippen LogP contribution in [0.25, 0.3) is 0 Å². The highest BCUT2D eigenvalue weighted by Crippen LogP contribution is 2.20. The molecule has 0 saturated carbocycles. The molecule has 0 spiro atoms. The smallest absolute Gasteiger partial charge is 0.282 e. The lowest BCUT2D eigenvalue weighted by molar-refractivity contribution is -1.02. The lowest BCUT2D eigenvalue weighted by Crippen LogP contribution is -3.29. The van der Waals surface area contributed by atoms with Gasteiger partial charge in [-0.25, -0.2) is 0 Å². The molecule has 26 heavy (non-hydrogen) atoms. The Kier molecular flexibility index (Phi) is 6.28. The van der Waals surface area contributed by atoms with Gasteiger partial charge in [-0.2, -0.15) is 5.26 Å². The summed E-state index contributed by atoms with van der Waals surface area (Å²) < 4.78 is 0.839. The Balaban J connectivity index is 1.52. The maximum Gasteiger partial charge on any atom is 0.282 e. The molecule has 5 nitrogen and oxygen atoms in total. The minimum atomic E-state index is -0.139. The number of quaternary nitrogens is 2. The Bertz CT molecular complexity index is 808. The summed E-state index contributed by atoms with van der Waals surface area (Å²) in [6, 6.07) is 13.1. The molecule has 1 saturated heterocycles. The minimum Gasteiger partial charge on any atom is -0.321 e. The summed E-state index contributed by atoms with van der Waals surface area (Å²) in [4.78, 5) is 16.7. The van der Waals surface area contributed by atoms with Crippen molar-refractivity contribution in [1.29, 1.82) is 5.26 Å². The van der Waals surface area contributed by atoms with Gasteiger partial charge in [-0.1, -0.05) is 23.7 Å². The Morgan fingerprint density at radius 3 is 2.65 bits per heavy atom. The number of para-hydroxylation sites is 1. The summed E-state index contributed by atoms with van der Waals surface area (Å²) >= 11 is 7.65. The van der Waals surface area contributed by atoms with E-state index in [1.807, 2.05) is 19.1 Å². The monoisotopic (exact) mass is 390 g/mol. The number of anilines is 1. The molecule has 3 N–H and O–H groups in total. The highest BCUT2D eigenvalue weighted by atomic mass is 35.5. The number of hydrogen-bond acceptors (Lipinski definition) is 3. The number of piperazine rings is 1. The SMILES string of the molecule is C[C@@H](C(=O)Nc1ccccc1C#N)[NH+]1CC[NH+](Cc2ccc(Cl)s2)CC1. The van der Waals surface area contributed by atoms with Crippen LogP contribution in [-0.4, -0.2) is 38.1 Å². The summed E-state index contributed by atoms with van der Waals surface area (Å²) in [6.07, 6.45) is 0. The molecule has 0 radical (unpaired) electrons. The van der Waals surface area contributed by atoms with Gasteiger partial charge in [0.15, 0.2) is 6.04 Å². The third kappa shape index (κ3) is 4.63. The zero-order valence-electron chi connectivity index (χ0n) is 14.7. The molecular formula is C19H23ClN4OS+2. The van der Waals surface area contributed by atoms with E-state index in [1.165, 1.54) is 14.7 Å². The number of carbonyl (C=O) groups is 1. The van der Waals surface area contributed by atoms with Crippen LogP contribution in [0.3, 0.4) is 0 Å². The first kappa shape index (κ1) is 18.9. The zero-order chi connectivity index (χ0) is 18.5. The number of nitriles is 1. The standard InChI is InChI=1S/C19H21ClN4OS/c1-14(19(25)22-17-5-3-2-4-15(17)12-21)24-10-8-23(9-11-24)13-16-6-7-18(20)26-16/h2-7,14H,8-11,13H2,1H3,(H,22,25)/p+2/t14-/m0/s1. The zero-order valence-corrected chi connectivity index (χ0v) is 16.3. The van der Waals surface area contributed by atoms with E-state index in [2.05, 4.69) is 17.5 Å². The topological polar surface area (TPSA) is 61.8 Å². The predicted octanol–water partition coefficient (Wildman–Crippen LogP) is 0.584. The lowest BCUT2D eigenvalue weighted by Gasteiger charge is -2.32. The van der Waals surface area contributed by atoms with E-state index in [4.69, 9.17) is 16.9 Å². The van der Waals surface area contributed by atoms with E-state index in [-0.39, 0.29) is 11.9 Å². The molecule has 1 fully saturated rings. The van der Waals surface area contributed by atoms with Gasteiger partial charge in [-0.15, -0.1) is 11.3 Å². The van der Waals surface area contributed by atoms with Crippen molar-refractivity contribution in [2.24, 2.45) is 0 Å². The number of rotatable bonds is 5. The van der Waals surface area contributed by atoms with Gasteiger partial charge < -0.3 is 15.1 Å². The van der Waals surface area contributed by atoms with Gasteiger partial charge in [-0.3, -0.25) is 4.79 Å². The minimum absolute atomic E-state index is 0.0313. The van der Waals surface area contributed by atoms with Crippen molar-refractivity contribution in [3.05, 3.63) is 51.2 Å². The van der Waals surface area contributed by atoms with Gasteiger partial charge in [0, 0.05) is 0 Å². The van der Waals surface area contributed by atoms with Gasteiger partial charge >= 0.3 is 0 Å². The number of thiophene rings is 1. The summed E-state index contributed by atoms with van der Waals surface area (Å²) in [5.41, 5.74) is 1.08. The lowest BCUT2D eigenvalue weighted by atomic mass is 10.1. The highest BCUT2D eigenvalue weighted by Gasteiger charge is 2.31. The number of benzene rings is 1. The van der Waals surface area contributed by atoms with Gasteiger partial charge in [0.2, 0.25) is 0 Å². The molecule has 2 heterocycles. The molecule has 0 bridgehead atoms. The fourth-order valence-corrected chi connectivity index (χ4v) is 4.50. The molecular weight excluding hydrogens is 368 g/mol. The summed E-state index contributed by atoms with van der Waals surface area (Å²) in [7, 11) is 0. The molecule has 1 aliphatic rings. The number of nitrogens with zero attached hydrogens (tertiary/aromatic N) is 1. The summed E-state index contributed by atoms with van der Waals surface area (Å²) in [5.74, 6) is -0.0313. The molecule has 0 unspecified atom stereocenters. The van der Waals surface area contributed by atoms with E-state index in [0.29, 0.717) is 11.3 Å². The van der Waals surface area contributed by atoms with Crippen molar-refractivity contribution < 1.29 is 14.6 Å². The second-order valence-electron chi connectivity index (χ2n) is 6.66. The molecule has 1 aromatic carbocycles. The first-order valence-corrected chi connectivity index (χ1v) is 9.98. The maximum atomic E-state index is 12.6. The van der Waals surface area contributed by atoms with Gasteiger partial charge in [0.25, 0.3) is 5.91 Å². The molecule has 1 aliphatic heterocycles. The van der Waals surface area contributed by atoms with Crippen molar-refractivity contribution in [2.75, 3.05) is 31.5 Å². The van der Waals surface area contributed by atoms with E-state index in [1.54, 1.807) is 29.5 Å². The van der Waals surface area contributed by atoms with Crippen LogP contribution in [0, 0.1) is 11.3 Å². The fraction of sp³-hybridized carbons (Fsp3) is 0.368. The Labute approximate surface area is 162 Å². The third-order valence-electron chi connectivity index (χ3n) is 4.96. The van der Waals surface area contributed by atoms with Crippen LogP contribution < -0.4 is 15.1 Å². The normalized spacial score (nSPS) is 21.0. The predicted molar refractivity (Wildman–Crippen MR) is 104 cm³/mol. The van der Waals surface area contributed by atoms with Gasteiger partial charge in [-0.05, 0) is 31.2 Å².